The fraction of sp³-hybridized carbons (Fsp3) is 0.467. The minimum absolute atomic E-state index is 0.0378. The van der Waals surface area contributed by atoms with Crippen LogP contribution in [0.4, 0.5) is 0 Å². The second kappa shape index (κ2) is 13.3. The van der Waals surface area contributed by atoms with Gasteiger partial charge in [-0.2, -0.15) is 0 Å². The highest BCUT2D eigenvalue weighted by Gasteiger charge is 2.46. The maximum Gasteiger partial charge on any atom is 0.295 e. The molecule has 0 aliphatic carbocycles. The number of benzene rings is 2. The number of hydrogen-bond acceptors (Lipinski definition) is 6. The summed E-state index contributed by atoms with van der Waals surface area (Å²) in [5, 5.41) is 21.4. The summed E-state index contributed by atoms with van der Waals surface area (Å²) in [6.45, 7) is 9.53. The first-order chi connectivity index (χ1) is 17.8. The van der Waals surface area contributed by atoms with Crippen LogP contribution in [0.15, 0.2) is 48.0 Å². The van der Waals surface area contributed by atoms with E-state index in [9.17, 15) is 19.8 Å². The van der Waals surface area contributed by atoms with Gasteiger partial charge in [0.25, 0.3) is 11.7 Å². The van der Waals surface area contributed by atoms with Crippen molar-refractivity contribution in [1.29, 1.82) is 0 Å². The Labute approximate surface area is 220 Å². The van der Waals surface area contributed by atoms with Gasteiger partial charge in [-0.3, -0.25) is 9.59 Å². The quantitative estimate of drug-likeness (QED) is 0.213. The number of carbonyl (C=O) groups excluding carboxylic acids is 2. The number of aromatic hydroxyl groups is 1. The lowest BCUT2D eigenvalue weighted by atomic mass is 9.94. The van der Waals surface area contributed by atoms with Gasteiger partial charge in [-0.25, -0.2) is 0 Å². The highest BCUT2D eigenvalue weighted by molar-refractivity contribution is 6.46. The molecule has 0 spiro atoms. The molecule has 0 radical (unpaired) electrons. The largest absolute Gasteiger partial charge is 0.507 e. The zero-order valence-electron chi connectivity index (χ0n) is 22.5. The number of amides is 1. The molecule has 1 amide bonds. The second-order valence-electron chi connectivity index (χ2n) is 9.69. The van der Waals surface area contributed by atoms with Gasteiger partial charge in [0.15, 0.2) is 11.5 Å². The summed E-state index contributed by atoms with van der Waals surface area (Å²) in [6, 6.07) is 11.2. The predicted octanol–water partition coefficient (Wildman–Crippen LogP) is 5.42. The summed E-state index contributed by atoms with van der Waals surface area (Å²) in [5.74, 6) is -1.33. The first kappa shape index (κ1) is 28.3. The lowest BCUT2D eigenvalue weighted by molar-refractivity contribution is -0.140. The Balaban J connectivity index is 1.96. The Hall–Kier alpha value is -3.32. The van der Waals surface area contributed by atoms with Crippen molar-refractivity contribution in [2.24, 2.45) is 0 Å². The number of hydrogen-bond donors (Lipinski definition) is 2. The van der Waals surface area contributed by atoms with Gasteiger partial charge < -0.3 is 24.7 Å². The molecule has 0 saturated carbocycles. The normalized spacial score (nSPS) is 17.1. The number of ketones is 1. The number of phenols is 1. The molecule has 0 unspecified atom stereocenters. The van der Waals surface area contributed by atoms with Gasteiger partial charge in [-0.1, -0.05) is 62.6 Å². The van der Waals surface area contributed by atoms with Crippen LogP contribution in [0.5, 0.6) is 11.5 Å². The molecule has 1 atom stereocenters. The maximum atomic E-state index is 13.3. The third-order valence-electron chi connectivity index (χ3n) is 6.91. The first-order valence-corrected chi connectivity index (χ1v) is 13.3. The van der Waals surface area contributed by atoms with Crippen LogP contribution in [0.3, 0.4) is 0 Å². The number of rotatable bonds is 13. The standard InChI is InChI=1S/C30H40N2O5/c1-5-7-16-31(17-8-6-2)18-9-19-32-27(23-14-15-24(33)25(20-23)37-4)26(29(35)30(32)36)28(34)22-12-10-21(3)11-13-22/h10-15,20,27,33-34H,5-9,16-19H2,1-4H3/t27-/m0/s1. The number of unbranched alkanes of at least 4 members (excludes halogenated alkanes) is 2. The highest BCUT2D eigenvalue weighted by atomic mass is 16.5. The zero-order chi connectivity index (χ0) is 26.9. The molecular weight excluding hydrogens is 468 g/mol. The van der Waals surface area contributed by atoms with E-state index in [1.54, 1.807) is 29.2 Å². The number of methoxy groups -OCH3 is 1. The minimum atomic E-state index is -0.782. The number of Topliss-reactive ketones (excluding diaryl/α,β-unsaturated/α-hetero) is 1. The van der Waals surface area contributed by atoms with Gasteiger partial charge in [-0.15, -0.1) is 0 Å². The van der Waals surface area contributed by atoms with Gasteiger partial charge in [0.1, 0.15) is 5.76 Å². The fourth-order valence-corrected chi connectivity index (χ4v) is 4.75. The molecule has 7 heteroatoms. The Morgan fingerprint density at radius 1 is 0.973 bits per heavy atom. The van der Waals surface area contributed by atoms with Crippen LogP contribution >= 0.6 is 0 Å². The van der Waals surface area contributed by atoms with E-state index in [0.29, 0.717) is 24.1 Å². The molecule has 2 aromatic rings. The van der Waals surface area contributed by atoms with Crippen molar-refractivity contribution in [1.82, 2.24) is 9.80 Å². The second-order valence-corrected chi connectivity index (χ2v) is 9.69. The molecule has 2 aromatic carbocycles. The maximum absolute atomic E-state index is 13.3. The van der Waals surface area contributed by atoms with E-state index in [0.717, 1.165) is 50.9 Å². The molecule has 1 fully saturated rings. The van der Waals surface area contributed by atoms with Crippen molar-refractivity contribution in [2.45, 2.75) is 58.9 Å². The molecule has 2 N–H and O–H groups in total. The van der Waals surface area contributed by atoms with Crippen molar-refractivity contribution in [3.8, 4) is 11.5 Å². The molecule has 37 heavy (non-hydrogen) atoms. The molecule has 1 aliphatic heterocycles. The summed E-state index contributed by atoms with van der Waals surface area (Å²) < 4.78 is 5.29. The van der Waals surface area contributed by atoms with Gasteiger partial charge >= 0.3 is 0 Å². The number of aliphatic hydroxyl groups is 1. The SMILES string of the molecule is CCCCN(CCCC)CCCN1C(=O)C(=O)C(=C(O)c2ccc(C)cc2)[C@@H]1c1ccc(O)c(OC)c1. The predicted molar refractivity (Wildman–Crippen MR) is 146 cm³/mol. The zero-order valence-corrected chi connectivity index (χ0v) is 22.5. The lowest BCUT2D eigenvalue weighted by Crippen LogP contribution is -2.34. The van der Waals surface area contributed by atoms with Crippen LogP contribution < -0.4 is 4.74 Å². The Morgan fingerprint density at radius 2 is 1.59 bits per heavy atom. The molecule has 1 saturated heterocycles. The molecule has 200 valence electrons. The topological polar surface area (TPSA) is 90.3 Å². The van der Waals surface area contributed by atoms with E-state index < -0.39 is 17.7 Å². The van der Waals surface area contributed by atoms with Gasteiger partial charge in [-0.05, 0) is 63.5 Å². The van der Waals surface area contributed by atoms with E-state index in [2.05, 4.69) is 18.7 Å². The van der Waals surface area contributed by atoms with Crippen LogP contribution in [0.2, 0.25) is 0 Å². The molecule has 0 bridgehead atoms. The summed E-state index contributed by atoms with van der Waals surface area (Å²) in [5.41, 5.74) is 2.14. The van der Waals surface area contributed by atoms with E-state index in [-0.39, 0.29) is 22.8 Å². The monoisotopic (exact) mass is 508 g/mol. The average molecular weight is 509 g/mol. The van der Waals surface area contributed by atoms with Crippen molar-refractivity contribution < 1.29 is 24.5 Å². The van der Waals surface area contributed by atoms with E-state index in [1.807, 2.05) is 19.1 Å². The Morgan fingerprint density at radius 3 is 2.19 bits per heavy atom. The molecule has 0 aromatic heterocycles. The van der Waals surface area contributed by atoms with E-state index in [4.69, 9.17) is 4.74 Å². The highest BCUT2D eigenvalue weighted by Crippen LogP contribution is 2.41. The summed E-state index contributed by atoms with van der Waals surface area (Å²) in [6.07, 6.45) is 5.20. The van der Waals surface area contributed by atoms with E-state index in [1.165, 1.54) is 13.2 Å². The van der Waals surface area contributed by atoms with Crippen molar-refractivity contribution in [3.05, 3.63) is 64.7 Å². The number of carbonyl (C=O) groups is 2. The number of nitrogens with zero attached hydrogens (tertiary/aromatic N) is 2. The summed E-state index contributed by atoms with van der Waals surface area (Å²) >= 11 is 0. The minimum Gasteiger partial charge on any atom is -0.507 e. The smallest absolute Gasteiger partial charge is 0.295 e. The third kappa shape index (κ3) is 6.72. The lowest BCUT2D eigenvalue weighted by Gasteiger charge is -2.28. The molecular formula is C30H40N2O5. The molecule has 3 rings (SSSR count). The number of likely N-dealkylation sites (tertiary alicyclic amines) is 1. The van der Waals surface area contributed by atoms with Crippen LogP contribution in [0, 0.1) is 6.92 Å². The third-order valence-corrected chi connectivity index (χ3v) is 6.91. The molecule has 7 nitrogen and oxygen atoms in total. The van der Waals surface area contributed by atoms with Crippen molar-refractivity contribution >= 4 is 17.4 Å². The Bertz CT molecular complexity index is 1100. The van der Waals surface area contributed by atoms with Gasteiger partial charge in [0, 0.05) is 12.1 Å². The van der Waals surface area contributed by atoms with Crippen LogP contribution in [0.25, 0.3) is 5.76 Å². The molecule has 1 heterocycles. The van der Waals surface area contributed by atoms with E-state index >= 15 is 0 Å². The van der Waals surface area contributed by atoms with Crippen LogP contribution in [-0.4, -0.2) is 65.0 Å². The van der Waals surface area contributed by atoms with Crippen LogP contribution in [0.1, 0.15) is 68.7 Å². The number of phenolic OH excluding ortho intramolecular Hbond substituents is 1. The summed E-state index contributed by atoms with van der Waals surface area (Å²) in [7, 11) is 1.45. The fourth-order valence-electron chi connectivity index (χ4n) is 4.75. The van der Waals surface area contributed by atoms with Gasteiger partial charge in [0.05, 0.1) is 18.7 Å². The first-order valence-electron chi connectivity index (χ1n) is 13.3. The average Bonchev–Trinajstić information content (AvgIpc) is 3.15. The number of aliphatic hydroxyl groups excluding tert-OH is 1. The van der Waals surface area contributed by atoms with Crippen molar-refractivity contribution in [2.75, 3.05) is 33.3 Å². The summed E-state index contributed by atoms with van der Waals surface area (Å²) in [4.78, 5) is 30.5. The van der Waals surface area contributed by atoms with Crippen molar-refractivity contribution in [3.63, 3.8) is 0 Å². The number of aryl methyl sites for hydroxylation is 1. The van der Waals surface area contributed by atoms with Crippen LogP contribution in [-0.2, 0) is 9.59 Å². The Kier molecular flexibility index (Phi) is 10.1. The molecule has 1 aliphatic rings. The van der Waals surface area contributed by atoms with Gasteiger partial charge in [0.2, 0.25) is 0 Å². The number of ether oxygens (including phenoxy) is 1.